The van der Waals surface area contributed by atoms with E-state index in [9.17, 15) is 9.59 Å². The lowest BCUT2D eigenvalue weighted by Gasteiger charge is -2.26. The highest BCUT2D eigenvalue weighted by Gasteiger charge is 2.24. The van der Waals surface area contributed by atoms with Crippen LogP contribution in [0.5, 0.6) is 0 Å². The smallest absolute Gasteiger partial charge is 0.318 e. The fourth-order valence-electron chi connectivity index (χ4n) is 2.69. The number of hydrogen-bond acceptors (Lipinski definition) is 3. The lowest BCUT2D eigenvalue weighted by Crippen LogP contribution is -2.47. The zero-order chi connectivity index (χ0) is 21.8. The lowest BCUT2D eigenvalue weighted by molar-refractivity contribution is -0.117. The second-order valence-electron chi connectivity index (χ2n) is 8.16. The van der Waals surface area contributed by atoms with Gasteiger partial charge in [0.25, 0.3) is 0 Å². The molecule has 0 saturated carbocycles. The Morgan fingerprint density at radius 3 is 2.34 bits per heavy atom. The molecule has 0 aliphatic heterocycles. The van der Waals surface area contributed by atoms with Crippen LogP contribution < -0.4 is 10.6 Å². The molecule has 0 aliphatic carbocycles. The Balaban J connectivity index is 2.30. The van der Waals surface area contributed by atoms with Crippen LogP contribution in [-0.2, 0) is 10.2 Å². The van der Waals surface area contributed by atoms with Crippen LogP contribution in [0.3, 0.4) is 0 Å². The van der Waals surface area contributed by atoms with E-state index in [1.54, 1.807) is 16.8 Å². The maximum atomic E-state index is 12.7. The normalized spacial score (nSPS) is 11.4. The molecule has 0 saturated heterocycles. The Hall–Kier alpha value is -2.54. The Labute approximate surface area is 177 Å². The van der Waals surface area contributed by atoms with Crippen LogP contribution in [0.2, 0.25) is 5.02 Å². The Morgan fingerprint density at radius 2 is 1.83 bits per heavy atom. The van der Waals surface area contributed by atoms with Gasteiger partial charge >= 0.3 is 6.03 Å². The molecule has 0 atom stereocenters. The number of nitrogens with one attached hydrogen (secondary N) is 2. The van der Waals surface area contributed by atoms with E-state index < -0.39 is 0 Å². The summed E-state index contributed by atoms with van der Waals surface area (Å²) in [5.41, 5.74) is 1.43. The van der Waals surface area contributed by atoms with Crippen LogP contribution in [0.25, 0.3) is 5.69 Å². The van der Waals surface area contributed by atoms with Gasteiger partial charge in [-0.25, -0.2) is 9.48 Å². The topological polar surface area (TPSA) is 79.3 Å². The number of urea groups is 1. The summed E-state index contributed by atoms with van der Waals surface area (Å²) in [6.07, 6.45) is 0. The van der Waals surface area contributed by atoms with E-state index in [0.717, 1.165) is 11.4 Å². The lowest BCUT2D eigenvalue weighted by atomic mass is 9.92. The highest BCUT2D eigenvalue weighted by molar-refractivity contribution is 6.30. The van der Waals surface area contributed by atoms with Crippen LogP contribution in [0, 0.1) is 0 Å². The molecule has 1 aromatic heterocycles. The number of aromatic nitrogens is 2. The number of halogens is 1. The van der Waals surface area contributed by atoms with Crippen LogP contribution in [0.1, 0.15) is 47.2 Å². The average molecular weight is 420 g/mol. The maximum Gasteiger partial charge on any atom is 0.318 e. The number of rotatable bonds is 6. The molecule has 0 unspecified atom stereocenters. The summed E-state index contributed by atoms with van der Waals surface area (Å²) < 4.78 is 1.68. The molecular weight excluding hydrogens is 390 g/mol. The molecule has 0 aliphatic rings. The van der Waals surface area contributed by atoms with Gasteiger partial charge < -0.3 is 15.5 Å². The van der Waals surface area contributed by atoms with E-state index >= 15 is 0 Å². The molecule has 3 amide bonds. The van der Waals surface area contributed by atoms with Gasteiger partial charge in [-0.05, 0) is 45.0 Å². The van der Waals surface area contributed by atoms with Crippen molar-refractivity contribution in [2.75, 3.05) is 18.4 Å². The molecule has 2 N–H and O–H groups in total. The monoisotopic (exact) mass is 419 g/mol. The summed E-state index contributed by atoms with van der Waals surface area (Å²) in [5.74, 6) is 0.252. The SMILES string of the molecule is CCNC(=O)N(CC(=O)Nc1cc(C(C)(C)C)nn1-c1ccc(Cl)cc1)C(C)C. The summed E-state index contributed by atoms with van der Waals surface area (Å²) in [4.78, 5) is 26.5. The minimum Gasteiger partial charge on any atom is -0.338 e. The van der Waals surface area contributed by atoms with Gasteiger partial charge in [-0.1, -0.05) is 32.4 Å². The van der Waals surface area contributed by atoms with Gasteiger partial charge in [0.05, 0.1) is 11.4 Å². The van der Waals surface area contributed by atoms with Crippen molar-refractivity contribution in [2.24, 2.45) is 0 Å². The summed E-state index contributed by atoms with van der Waals surface area (Å²) in [7, 11) is 0. The van der Waals surface area contributed by atoms with Crippen molar-refractivity contribution in [3.63, 3.8) is 0 Å². The molecule has 1 heterocycles. The van der Waals surface area contributed by atoms with E-state index in [1.807, 2.05) is 39.0 Å². The first-order valence-corrected chi connectivity index (χ1v) is 10.1. The molecule has 2 rings (SSSR count). The van der Waals surface area contributed by atoms with Crippen LogP contribution in [0.15, 0.2) is 30.3 Å². The summed E-state index contributed by atoms with van der Waals surface area (Å²) in [6.45, 7) is 12.2. The standard InChI is InChI=1S/C21H30ClN5O2/c1-7-23-20(29)26(14(2)3)13-19(28)24-18-12-17(21(4,5)6)25-27(18)16-10-8-15(22)9-11-16/h8-12,14H,7,13H2,1-6H3,(H,23,29)(H,24,28). The number of hydrogen-bond donors (Lipinski definition) is 2. The third-order valence-corrected chi connectivity index (χ3v) is 4.59. The van der Waals surface area contributed by atoms with Gasteiger partial charge in [-0.15, -0.1) is 0 Å². The van der Waals surface area contributed by atoms with Crippen molar-refractivity contribution in [1.29, 1.82) is 0 Å². The van der Waals surface area contributed by atoms with E-state index in [2.05, 4.69) is 36.5 Å². The van der Waals surface area contributed by atoms with E-state index in [1.165, 1.54) is 4.90 Å². The van der Waals surface area contributed by atoms with Crippen molar-refractivity contribution in [2.45, 2.75) is 53.0 Å². The largest absolute Gasteiger partial charge is 0.338 e. The van der Waals surface area contributed by atoms with Crippen molar-refractivity contribution >= 4 is 29.4 Å². The quantitative estimate of drug-likeness (QED) is 0.736. The molecular formula is C21H30ClN5O2. The third kappa shape index (κ3) is 5.97. The number of amides is 3. The highest BCUT2D eigenvalue weighted by Crippen LogP contribution is 2.26. The fraction of sp³-hybridized carbons (Fsp3) is 0.476. The van der Waals surface area contributed by atoms with Gasteiger partial charge in [0.1, 0.15) is 12.4 Å². The fourth-order valence-corrected chi connectivity index (χ4v) is 2.82. The number of carbonyl (C=O) groups is 2. The van der Waals surface area contributed by atoms with Gasteiger partial charge in [0.2, 0.25) is 5.91 Å². The molecule has 2 aromatic rings. The number of nitrogens with zero attached hydrogens (tertiary/aromatic N) is 3. The molecule has 0 bridgehead atoms. The molecule has 0 radical (unpaired) electrons. The van der Waals surface area contributed by atoms with E-state index in [0.29, 0.717) is 17.4 Å². The van der Waals surface area contributed by atoms with Crippen molar-refractivity contribution in [3.8, 4) is 5.69 Å². The van der Waals surface area contributed by atoms with Gasteiger partial charge in [0.15, 0.2) is 0 Å². The molecule has 8 heteroatoms. The highest BCUT2D eigenvalue weighted by atomic mass is 35.5. The minimum absolute atomic E-state index is 0.0554. The molecule has 29 heavy (non-hydrogen) atoms. The molecule has 0 spiro atoms. The first-order valence-electron chi connectivity index (χ1n) is 9.73. The second kappa shape index (κ2) is 9.31. The van der Waals surface area contributed by atoms with Crippen molar-refractivity contribution in [3.05, 3.63) is 41.0 Å². The number of anilines is 1. The molecule has 158 valence electrons. The molecule has 0 fully saturated rings. The Kier molecular flexibility index (Phi) is 7.30. The first kappa shape index (κ1) is 22.7. The average Bonchev–Trinajstić information content (AvgIpc) is 3.04. The summed E-state index contributed by atoms with van der Waals surface area (Å²) in [6, 6.07) is 8.71. The van der Waals surface area contributed by atoms with Gasteiger partial charge in [-0.3, -0.25) is 4.79 Å². The molecule has 1 aromatic carbocycles. The zero-order valence-corrected chi connectivity index (χ0v) is 18.7. The summed E-state index contributed by atoms with van der Waals surface area (Å²) >= 11 is 6.00. The zero-order valence-electron chi connectivity index (χ0n) is 17.9. The van der Waals surface area contributed by atoms with Crippen molar-refractivity contribution < 1.29 is 9.59 Å². The van der Waals surface area contributed by atoms with Crippen molar-refractivity contribution in [1.82, 2.24) is 20.0 Å². The number of carbonyl (C=O) groups excluding carboxylic acids is 2. The van der Waals surface area contributed by atoms with Gasteiger partial charge in [-0.2, -0.15) is 5.10 Å². The molecule has 7 nitrogen and oxygen atoms in total. The Bertz CT molecular complexity index is 853. The predicted molar refractivity (Wildman–Crippen MR) is 117 cm³/mol. The minimum atomic E-state index is -0.291. The maximum absolute atomic E-state index is 12.7. The van der Waals surface area contributed by atoms with Gasteiger partial charge in [0, 0.05) is 29.1 Å². The predicted octanol–water partition coefficient (Wildman–Crippen LogP) is 4.20. The third-order valence-electron chi connectivity index (χ3n) is 4.34. The Morgan fingerprint density at radius 1 is 1.21 bits per heavy atom. The summed E-state index contributed by atoms with van der Waals surface area (Å²) in [5, 5.41) is 10.9. The van der Waals surface area contributed by atoms with Crippen LogP contribution in [-0.4, -0.2) is 45.8 Å². The van der Waals surface area contributed by atoms with Crippen LogP contribution in [0.4, 0.5) is 10.6 Å². The van der Waals surface area contributed by atoms with E-state index in [-0.39, 0.29) is 29.9 Å². The van der Waals surface area contributed by atoms with Crippen LogP contribution >= 0.6 is 11.6 Å². The number of benzene rings is 1. The first-order chi connectivity index (χ1) is 13.5. The second-order valence-corrected chi connectivity index (χ2v) is 8.59. The van der Waals surface area contributed by atoms with E-state index in [4.69, 9.17) is 11.6 Å².